The molecule has 1 aromatic heterocycles. The van der Waals surface area contributed by atoms with E-state index in [0.29, 0.717) is 30.4 Å². The Hall–Kier alpha value is -2.63. The van der Waals surface area contributed by atoms with Gasteiger partial charge in [0, 0.05) is 38.7 Å². The van der Waals surface area contributed by atoms with Crippen molar-refractivity contribution in [2.45, 2.75) is 39.5 Å². The number of likely N-dealkylation sites (tertiary alicyclic amines) is 1. The molecule has 1 aliphatic rings. The highest BCUT2D eigenvalue weighted by atomic mass is 16.4. The molecule has 27 heavy (non-hydrogen) atoms. The minimum atomic E-state index is -0.148. The van der Waals surface area contributed by atoms with Gasteiger partial charge in [0.2, 0.25) is 0 Å². The summed E-state index contributed by atoms with van der Waals surface area (Å²) < 4.78 is 5.78. The number of aromatic nitrogens is 1. The maximum Gasteiger partial charge on any atom is 0.275 e. The molecule has 1 aliphatic heterocycles. The Bertz CT molecular complexity index is 841. The second-order valence-electron chi connectivity index (χ2n) is 7.60. The molecule has 144 valence electrons. The molecule has 0 unspecified atom stereocenters. The third kappa shape index (κ3) is 4.04. The van der Waals surface area contributed by atoms with Crippen molar-refractivity contribution >= 4 is 11.8 Å². The Morgan fingerprint density at radius 1 is 1.07 bits per heavy atom. The molecule has 1 saturated heterocycles. The molecule has 1 fully saturated rings. The van der Waals surface area contributed by atoms with Gasteiger partial charge >= 0.3 is 0 Å². The Balaban J connectivity index is 1.68. The number of amides is 2. The minimum Gasteiger partial charge on any atom is -0.445 e. The van der Waals surface area contributed by atoms with Crippen molar-refractivity contribution in [2.24, 2.45) is 0 Å². The van der Waals surface area contributed by atoms with Gasteiger partial charge in [-0.15, -0.1) is 0 Å². The summed E-state index contributed by atoms with van der Waals surface area (Å²) in [5, 5.41) is 0. The first-order valence-corrected chi connectivity index (χ1v) is 9.33. The Labute approximate surface area is 160 Å². The number of aryl methyl sites for hydroxylation is 3. The van der Waals surface area contributed by atoms with Crippen LogP contribution in [-0.2, 0) is 0 Å². The van der Waals surface area contributed by atoms with Crippen molar-refractivity contribution in [3.63, 3.8) is 0 Å². The number of rotatable bonds is 3. The largest absolute Gasteiger partial charge is 0.445 e. The summed E-state index contributed by atoms with van der Waals surface area (Å²) in [5.41, 5.74) is 3.32. The van der Waals surface area contributed by atoms with Crippen molar-refractivity contribution < 1.29 is 14.0 Å². The molecule has 0 radical (unpaired) electrons. The maximum atomic E-state index is 12.8. The topological polar surface area (TPSA) is 66.7 Å². The van der Waals surface area contributed by atoms with Crippen LogP contribution in [0.4, 0.5) is 0 Å². The number of carbonyl (C=O) groups is 2. The van der Waals surface area contributed by atoms with Gasteiger partial charge in [-0.3, -0.25) is 9.59 Å². The molecule has 2 aromatic rings. The van der Waals surface area contributed by atoms with E-state index in [2.05, 4.69) is 11.1 Å². The van der Waals surface area contributed by atoms with E-state index in [1.807, 2.05) is 30.9 Å². The van der Waals surface area contributed by atoms with Crippen LogP contribution in [-0.4, -0.2) is 53.8 Å². The van der Waals surface area contributed by atoms with Crippen LogP contribution in [0.3, 0.4) is 0 Å². The quantitative estimate of drug-likeness (QED) is 0.832. The summed E-state index contributed by atoms with van der Waals surface area (Å²) in [4.78, 5) is 32.8. The Morgan fingerprint density at radius 3 is 2.22 bits per heavy atom. The summed E-state index contributed by atoms with van der Waals surface area (Å²) in [6.45, 7) is 7.11. The summed E-state index contributed by atoms with van der Waals surface area (Å²) in [5.74, 6) is 1.22. The highest BCUT2D eigenvalue weighted by Gasteiger charge is 2.29. The lowest BCUT2D eigenvalue weighted by Gasteiger charge is -2.30. The van der Waals surface area contributed by atoms with Gasteiger partial charge in [-0.25, -0.2) is 4.98 Å². The standard InChI is InChI=1S/C21H27N3O3/c1-13-10-14(2)12-17(11-13)20(25)24-8-6-16(7-9-24)19-22-18(15(3)27-19)21(26)23(4)5/h10-12,16H,6-9H2,1-5H3. The number of nitrogens with zero attached hydrogens (tertiary/aromatic N) is 3. The SMILES string of the molecule is Cc1cc(C)cc(C(=O)N2CCC(c3nc(C(=O)N(C)C)c(C)o3)CC2)c1. The van der Waals surface area contributed by atoms with E-state index >= 15 is 0 Å². The van der Waals surface area contributed by atoms with Gasteiger partial charge in [-0.1, -0.05) is 17.2 Å². The number of carbonyl (C=O) groups excluding carboxylic acids is 2. The minimum absolute atomic E-state index is 0.0762. The normalized spacial score (nSPS) is 15.1. The molecule has 2 heterocycles. The predicted molar refractivity (Wildman–Crippen MR) is 103 cm³/mol. The average molecular weight is 369 g/mol. The molecule has 0 atom stereocenters. The van der Waals surface area contributed by atoms with E-state index in [1.54, 1.807) is 21.0 Å². The third-order valence-electron chi connectivity index (χ3n) is 5.02. The molecule has 1 aromatic carbocycles. The third-order valence-corrected chi connectivity index (χ3v) is 5.02. The van der Waals surface area contributed by atoms with Crippen LogP contribution < -0.4 is 0 Å². The smallest absolute Gasteiger partial charge is 0.275 e. The number of oxazole rings is 1. The monoisotopic (exact) mass is 369 g/mol. The zero-order chi connectivity index (χ0) is 19.7. The first kappa shape index (κ1) is 19.1. The van der Waals surface area contributed by atoms with Crippen molar-refractivity contribution in [3.8, 4) is 0 Å². The van der Waals surface area contributed by atoms with Crippen LogP contribution in [0.5, 0.6) is 0 Å². The number of piperidine rings is 1. The van der Waals surface area contributed by atoms with Gasteiger partial charge < -0.3 is 14.2 Å². The fraction of sp³-hybridized carbons (Fsp3) is 0.476. The van der Waals surface area contributed by atoms with E-state index < -0.39 is 0 Å². The highest BCUT2D eigenvalue weighted by Crippen LogP contribution is 2.30. The van der Waals surface area contributed by atoms with Crippen LogP contribution >= 0.6 is 0 Å². The zero-order valence-corrected chi connectivity index (χ0v) is 16.7. The highest BCUT2D eigenvalue weighted by molar-refractivity contribution is 5.94. The van der Waals surface area contributed by atoms with Crippen molar-refractivity contribution in [1.82, 2.24) is 14.8 Å². The molecule has 6 nitrogen and oxygen atoms in total. The second-order valence-corrected chi connectivity index (χ2v) is 7.60. The van der Waals surface area contributed by atoms with E-state index in [-0.39, 0.29) is 17.7 Å². The molecule has 2 amide bonds. The lowest BCUT2D eigenvalue weighted by molar-refractivity contribution is 0.0705. The van der Waals surface area contributed by atoms with Gasteiger partial charge in [0.1, 0.15) is 5.76 Å². The van der Waals surface area contributed by atoms with Crippen LogP contribution in [0.2, 0.25) is 0 Å². The zero-order valence-electron chi connectivity index (χ0n) is 16.7. The van der Waals surface area contributed by atoms with Gasteiger partial charge in [0.25, 0.3) is 11.8 Å². The fourth-order valence-electron chi connectivity index (χ4n) is 3.61. The molecular formula is C21H27N3O3. The van der Waals surface area contributed by atoms with Gasteiger partial charge in [0.05, 0.1) is 0 Å². The predicted octanol–water partition coefficient (Wildman–Crippen LogP) is 3.32. The fourth-order valence-corrected chi connectivity index (χ4v) is 3.61. The van der Waals surface area contributed by atoms with E-state index in [9.17, 15) is 9.59 Å². The first-order chi connectivity index (χ1) is 12.8. The Kier molecular flexibility index (Phi) is 5.35. The maximum absolute atomic E-state index is 12.8. The van der Waals surface area contributed by atoms with Gasteiger partial charge in [0.15, 0.2) is 11.6 Å². The number of hydrogen-bond acceptors (Lipinski definition) is 4. The average Bonchev–Trinajstić information content (AvgIpc) is 3.01. The second kappa shape index (κ2) is 7.55. The van der Waals surface area contributed by atoms with Gasteiger partial charge in [-0.05, 0) is 45.7 Å². The lowest BCUT2D eigenvalue weighted by Crippen LogP contribution is -2.38. The summed E-state index contributed by atoms with van der Waals surface area (Å²) >= 11 is 0. The van der Waals surface area contributed by atoms with Crippen LogP contribution in [0.1, 0.15) is 62.4 Å². The summed E-state index contributed by atoms with van der Waals surface area (Å²) in [7, 11) is 3.40. The van der Waals surface area contributed by atoms with E-state index in [4.69, 9.17) is 4.42 Å². The van der Waals surface area contributed by atoms with Crippen LogP contribution in [0, 0.1) is 20.8 Å². The van der Waals surface area contributed by atoms with Crippen molar-refractivity contribution in [3.05, 3.63) is 52.2 Å². The van der Waals surface area contributed by atoms with Gasteiger partial charge in [-0.2, -0.15) is 0 Å². The molecule has 3 rings (SSSR count). The van der Waals surface area contributed by atoms with Crippen LogP contribution in [0.15, 0.2) is 22.6 Å². The molecular weight excluding hydrogens is 342 g/mol. The number of benzene rings is 1. The van der Waals surface area contributed by atoms with Crippen LogP contribution in [0.25, 0.3) is 0 Å². The summed E-state index contributed by atoms with van der Waals surface area (Å²) in [6.07, 6.45) is 1.57. The summed E-state index contributed by atoms with van der Waals surface area (Å²) in [6, 6.07) is 5.95. The first-order valence-electron chi connectivity index (χ1n) is 9.33. The number of hydrogen-bond donors (Lipinski definition) is 0. The van der Waals surface area contributed by atoms with Crippen molar-refractivity contribution in [1.29, 1.82) is 0 Å². The molecule has 6 heteroatoms. The van der Waals surface area contributed by atoms with Crippen molar-refractivity contribution in [2.75, 3.05) is 27.2 Å². The lowest BCUT2D eigenvalue weighted by atomic mass is 9.96. The molecule has 0 N–H and O–H groups in total. The molecule has 0 bridgehead atoms. The molecule has 0 spiro atoms. The molecule has 0 saturated carbocycles. The Morgan fingerprint density at radius 2 is 1.67 bits per heavy atom. The van der Waals surface area contributed by atoms with E-state index in [1.165, 1.54) is 4.90 Å². The molecule has 0 aliphatic carbocycles. The van der Waals surface area contributed by atoms with E-state index in [0.717, 1.165) is 29.5 Å².